The molecule has 4 aliphatic carbocycles. The number of methoxy groups -OCH3 is 1. The summed E-state index contributed by atoms with van der Waals surface area (Å²) in [6.45, 7) is 2.38. The Morgan fingerprint density at radius 3 is 2.22 bits per heavy atom. The number of amides is 2. The number of hydrogen-bond donors (Lipinski definition) is 4. The third kappa shape index (κ3) is 5.54. The fourth-order valence-electron chi connectivity index (χ4n) is 5.81. The molecule has 0 spiro atoms. The van der Waals surface area contributed by atoms with Gasteiger partial charge < -0.3 is 15.4 Å². The largest absolute Gasteiger partial charge is 0.383 e. The molecule has 152 valence electrons. The quantitative estimate of drug-likeness (QED) is 0.382. The van der Waals surface area contributed by atoms with Crippen molar-refractivity contribution in [3.63, 3.8) is 0 Å². The predicted octanol–water partition coefficient (Wildman–Crippen LogP) is 1.24. The number of carbonyl (C=O) groups excluding carboxylic acids is 2. The van der Waals surface area contributed by atoms with Crippen molar-refractivity contribution < 1.29 is 14.3 Å². The lowest BCUT2D eigenvalue weighted by Gasteiger charge is -2.56. The minimum Gasteiger partial charge on any atom is -0.383 e. The van der Waals surface area contributed by atoms with E-state index in [4.69, 9.17) is 17.0 Å². The van der Waals surface area contributed by atoms with E-state index in [0.717, 1.165) is 17.8 Å². The highest BCUT2D eigenvalue weighted by Crippen LogP contribution is 2.61. The molecule has 8 heteroatoms. The highest BCUT2D eigenvalue weighted by molar-refractivity contribution is 7.80. The summed E-state index contributed by atoms with van der Waals surface area (Å²) in [6.07, 6.45) is 8.24. The predicted molar refractivity (Wildman–Crippen MR) is 107 cm³/mol. The molecular weight excluding hydrogens is 364 g/mol. The van der Waals surface area contributed by atoms with Gasteiger partial charge in [-0.3, -0.25) is 20.4 Å². The van der Waals surface area contributed by atoms with E-state index in [1.165, 1.54) is 38.5 Å². The molecule has 0 saturated heterocycles. The molecule has 2 amide bonds. The topological polar surface area (TPSA) is 91.5 Å². The van der Waals surface area contributed by atoms with E-state index in [-0.39, 0.29) is 29.8 Å². The summed E-state index contributed by atoms with van der Waals surface area (Å²) >= 11 is 5.09. The van der Waals surface area contributed by atoms with Gasteiger partial charge in [0.05, 0.1) is 13.2 Å². The summed E-state index contributed by atoms with van der Waals surface area (Å²) in [6, 6.07) is 0.0342. The van der Waals surface area contributed by atoms with Crippen LogP contribution >= 0.6 is 12.2 Å². The number of hydrogen-bond acceptors (Lipinski definition) is 4. The van der Waals surface area contributed by atoms with Gasteiger partial charge in [0.1, 0.15) is 0 Å². The first kappa shape index (κ1) is 20.3. The van der Waals surface area contributed by atoms with Crippen molar-refractivity contribution in [1.29, 1.82) is 0 Å². The summed E-state index contributed by atoms with van der Waals surface area (Å²) < 4.78 is 5.01. The van der Waals surface area contributed by atoms with E-state index in [1.54, 1.807) is 7.11 Å². The first-order chi connectivity index (χ1) is 12.9. The molecule has 0 aromatic rings. The van der Waals surface area contributed by atoms with Crippen molar-refractivity contribution in [2.24, 2.45) is 23.2 Å². The Morgan fingerprint density at radius 2 is 1.67 bits per heavy atom. The molecule has 4 fully saturated rings. The van der Waals surface area contributed by atoms with E-state index in [9.17, 15) is 9.59 Å². The van der Waals surface area contributed by atoms with Crippen LogP contribution in [0.25, 0.3) is 0 Å². The Bertz CT molecular complexity index is 548. The first-order valence-corrected chi connectivity index (χ1v) is 10.4. The molecule has 0 aliphatic heterocycles. The van der Waals surface area contributed by atoms with Crippen LogP contribution in [0.15, 0.2) is 0 Å². The molecule has 1 atom stereocenters. The minimum absolute atomic E-state index is 0.0125. The highest BCUT2D eigenvalue weighted by Gasteiger charge is 2.51. The van der Waals surface area contributed by atoms with Crippen molar-refractivity contribution in [1.82, 2.24) is 21.5 Å². The maximum absolute atomic E-state index is 12.4. The lowest BCUT2D eigenvalue weighted by atomic mass is 9.49. The van der Waals surface area contributed by atoms with Gasteiger partial charge in [-0.25, -0.2) is 0 Å². The normalized spacial score (nSPS) is 31.9. The average molecular weight is 397 g/mol. The number of rotatable bonds is 7. The van der Waals surface area contributed by atoms with Crippen LogP contribution in [0, 0.1) is 23.2 Å². The number of nitrogens with one attached hydrogen (secondary N) is 4. The second kappa shape index (κ2) is 8.73. The Kier molecular flexibility index (Phi) is 6.57. The van der Waals surface area contributed by atoms with E-state index in [1.807, 2.05) is 6.92 Å². The molecule has 27 heavy (non-hydrogen) atoms. The van der Waals surface area contributed by atoms with Gasteiger partial charge in [0.2, 0.25) is 5.91 Å². The number of ether oxygens (including phenoxy) is 1. The second-order valence-electron chi connectivity index (χ2n) is 8.87. The van der Waals surface area contributed by atoms with Crippen LogP contribution in [0.1, 0.15) is 51.9 Å². The van der Waals surface area contributed by atoms with Crippen molar-refractivity contribution in [3.8, 4) is 0 Å². The zero-order valence-corrected chi connectivity index (χ0v) is 17.1. The van der Waals surface area contributed by atoms with Crippen molar-refractivity contribution in [2.45, 2.75) is 57.9 Å². The number of thiocarbonyl (C=S) groups is 1. The fraction of sp³-hybridized carbons (Fsp3) is 0.842. The Balaban J connectivity index is 1.34. The van der Waals surface area contributed by atoms with Gasteiger partial charge in [-0.1, -0.05) is 0 Å². The Morgan fingerprint density at radius 1 is 1.07 bits per heavy atom. The molecule has 7 nitrogen and oxygen atoms in total. The van der Waals surface area contributed by atoms with E-state index < -0.39 is 0 Å². The lowest BCUT2D eigenvalue weighted by Crippen LogP contribution is -2.52. The maximum atomic E-state index is 12.4. The summed E-state index contributed by atoms with van der Waals surface area (Å²) in [7, 11) is 1.61. The minimum atomic E-state index is -0.322. The Labute approximate surface area is 166 Å². The highest BCUT2D eigenvalue weighted by atomic mass is 32.1. The van der Waals surface area contributed by atoms with Crippen LogP contribution in [-0.4, -0.2) is 43.2 Å². The van der Waals surface area contributed by atoms with Gasteiger partial charge in [0.25, 0.3) is 5.91 Å². The molecule has 4 rings (SSSR count). The fourth-order valence-corrected chi connectivity index (χ4v) is 6.06. The van der Waals surface area contributed by atoms with Crippen LogP contribution in [-0.2, 0) is 14.3 Å². The maximum Gasteiger partial charge on any atom is 0.257 e. The summed E-state index contributed by atoms with van der Waals surface area (Å²) in [5.41, 5.74) is 5.32. The first-order valence-electron chi connectivity index (χ1n) is 9.98. The van der Waals surface area contributed by atoms with Crippen molar-refractivity contribution in [3.05, 3.63) is 0 Å². The number of hydrazine groups is 1. The molecular formula is C19H32N4O3S. The van der Waals surface area contributed by atoms with Crippen molar-refractivity contribution in [2.75, 3.05) is 20.3 Å². The van der Waals surface area contributed by atoms with Gasteiger partial charge in [0.15, 0.2) is 5.11 Å². The second-order valence-corrected chi connectivity index (χ2v) is 9.28. The molecule has 4 saturated carbocycles. The smallest absolute Gasteiger partial charge is 0.257 e. The van der Waals surface area contributed by atoms with Gasteiger partial charge in [-0.2, -0.15) is 0 Å². The van der Waals surface area contributed by atoms with E-state index in [0.29, 0.717) is 18.1 Å². The van der Waals surface area contributed by atoms with Gasteiger partial charge in [-0.15, -0.1) is 0 Å². The summed E-state index contributed by atoms with van der Waals surface area (Å²) in [5.74, 6) is 2.14. The lowest BCUT2D eigenvalue weighted by molar-refractivity contribution is -0.132. The van der Waals surface area contributed by atoms with Gasteiger partial charge >= 0.3 is 0 Å². The molecule has 4 N–H and O–H groups in total. The van der Waals surface area contributed by atoms with Crippen LogP contribution in [0.5, 0.6) is 0 Å². The Hall–Kier alpha value is -1.41. The van der Waals surface area contributed by atoms with Gasteiger partial charge in [-0.05, 0) is 80.8 Å². The van der Waals surface area contributed by atoms with Crippen LogP contribution in [0.2, 0.25) is 0 Å². The average Bonchev–Trinajstić information content (AvgIpc) is 2.56. The number of carbonyl (C=O) groups is 2. The molecule has 4 bridgehead atoms. The monoisotopic (exact) mass is 396 g/mol. The van der Waals surface area contributed by atoms with Crippen molar-refractivity contribution >= 4 is 29.1 Å². The molecule has 0 aromatic heterocycles. The molecule has 0 unspecified atom stereocenters. The summed E-state index contributed by atoms with van der Waals surface area (Å²) in [4.78, 5) is 24.4. The van der Waals surface area contributed by atoms with E-state index >= 15 is 0 Å². The van der Waals surface area contributed by atoms with E-state index in [2.05, 4.69) is 21.5 Å². The standard InChI is InChI=1S/C19H32N4O3S/c1-12(11-26-2)21-18(27)23-22-17(25)10-20-16(24)9-19-6-13-3-14(7-19)5-15(4-13)8-19/h12-15H,3-11H2,1-2H3,(H,20,24)(H,22,25)(H2,21,23,27)/t12-,13?,14?,15?,19?/m0/s1. The molecule has 0 heterocycles. The SMILES string of the molecule is COC[C@H](C)NC(=S)NNC(=O)CNC(=O)CC12CC3CC(CC(C3)C1)C2. The third-order valence-electron chi connectivity index (χ3n) is 6.26. The van der Waals surface area contributed by atoms with Crippen LogP contribution in [0.3, 0.4) is 0 Å². The zero-order valence-electron chi connectivity index (χ0n) is 16.3. The van der Waals surface area contributed by atoms with Crippen LogP contribution in [0.4, 0.5) is 0 Å². The molecule has 0 radical (unpaired) electrons. The van der Waals surface area contributed by atoms with Crippen LogP contribution < -0.4 is 21.5 Å². The molecule has 0 aromatic carbocycles. The molecule has 4 aliphatic rings. The van der Waals surface area contributed by atoms with Gasteiger partial charge in [0, 0.05) is 19.6 Å². The third-order valence-corrected chi connectivity index (χ3v) is 6.48. The summed E-state index contributed by atoms with van der Waals surface area (Å²) in [5, 5.41) is 6.06. The zero-order chi connectivity index (χ0) is 19.4.